The maximum Gasteiger partial charge on any atom is 0.317 e. The van der Waals surface area contributed by atoms with Gasteiger partial charge in [0.15, 0.2) is 0 Å². The number of hydrogen-bond donors (Lipinski definition) is 1. The predicted octanol–water partition coefficient (Wildman–Crippen LogP) is 1.68. The molecule has 0 radical (unpaired) electrons. The summed E-state index contributed by atoms with van der Waals surface area (Å²) >= 11 is 0. The molecule has 2 heterocycles. The third kappa shape index (κ3) is 4.94. The number of rotatable bonds is 6. The van der Waals surface area contributed by atoms with Crippen molar-refractivity contribution < 1.29 is 9.53 Å². The van der Waals surface area contributed by atoms with E-state index in [2.05, 4.69) is 17.1 Å². The van der Waals surface area contributed by atoms with Crippen LogP contribution in [0.4, 0.5) is 4.79 Å². The molecule has 116 valence electrons. The number of urea groups is 1. The van der Waals surface area contributed by atoms with Crippen LogP contribution >= 0.6 is 0 Å². The van der Waals surface area contributed by atoms with Gasteiger partial charge in [0.2, 0.25) is 0 Å². The zero-order chi connectivity index (χ0) is 14.2. The molecule has 2 rings (SSSR count). The highest BCUT2D eigenvalue weighted by Crippen LogP contribution is 2.11. The van der Waals surface area contributed by atoms with Gasteiger partial charge in [0.05, 0.1) is 6.10 Å². The molecule has 0 spiro atoms. The van der Waals surface area contributed by atoms with E-state index in [0.29, 0.717) is 6.54 Å². The molecule has 0 aromatic carbocycles. The van der Waals surface area contributed by atoms with Crippen molar-refractivity contribution in [2.45, 2.75) is 45.1 Å². The summed E-state index contributed by atoms with van der Waals surface area (Å²) in [6.07, 6.45) is 6.28. The van der Waals surface area contributed by atoms with Gasteiger partial charge in [0.25, 0.3) is 0 Å². The van der Waals surface area contributed by atoms with Gasteiger partial charge in [0.1, 0.15) is 0 Å². The Morgan fingerprint density at radius 2 is 2.05 bits per heavy atom. The maximum atomic E-state index is 12.1. The number of amides is 2. The van der Waals surface area contributed by atoms with Crippen LogP contribution in [0.3, 0.4) is 0 Å². The summed E-state index contributed by atoms with van der Waals surface area (Å²) in [5.74, 6) is 0. The van der Waals surface area contributed by atoms with E-state index in [1.54, 1.807) is 0 Å². The Hall–Kier alpha value is -0.810. The Labute approximate surface area is 122 Å². The molecule has 20 heavy (non-hydrogen) atoms. The molecule has 0 aromatic heterocycles. The topological polar surface area (TPSA) is 44.8 Å². The molecule has 5 heteroatoms. The second kappa shape index (κ2) is 8.47. The van der Waals surface area contributed by atoms with Gasteiger partial charge in [-0.2, -0.15) is 0 Å². The number of nitrogens with one attached hydrogen (secondary N) is 1. The summed E-state index contributed by atoms with van der Waals surface area (Å²) < 4.78 is 5.52. The summed E-state index contributed by atoms with van der Waals surface area (Å²) in [5.41, 5.74) is 0. The van der Waals surface area contributed by atoms with Crippen molar-refractivity contribution in [2.24, 2.45) is 0 Å². The summed E-state index contributed by atoms with van der Waals surface area (Å²) in [6, 6.07) is 0.0775. The fourth-order valence-electron chi connectivity index (χ4n) is 2.88. The van der Waals surface area contributed by atoms with Crippen LogP contribution in [-0.2, 0) is 4.74 Å². The average Bonchev–Trinajstić information content (AvgIpc) is 2.99. The SMILES string of the molecule is CCCCCN1CCN(C(=O)NCC2CCCO2)CC1. The zero-order valence-electron chi connectivity index (χ0n) is 12.8. The van der Waals surface area contributed by atoms with Gasteiger partial charge < -0.3 is 15.0 Å². The molecule has 2 aliphatic rings. The second-order valence-electron chi connectivity index (χ2n) is 5.86. The van der Waals surface area contributed by atoms with Crippen LogP contribution < -0.4 is 5.32 Å². The van der Waals surface area contributed by atoms with E-state index in [9.17, 15) is 4.79 Å². The summed E-state index contributed by atoms with van der Waals surface area (Å²) in [5, 5.41) is 3.00. The first-order valence-electron chi connectivity index (χ1n) is 8.16. The van der Waals surface area contributed by atoms with E-state index in [4.69, 9.17) is 4.74 Å². The smallest absolute Gasteiger partial charge is 0.317 e. The van der Waals surface area contributed by atoms with Crippen molar-refractivity contribution in [1.82, 2.24) is 15.1 Å². The minimum absolute atomic E-state index is 0.0775. The van der Waals surface area contributed by atoms with Crippen molar-refractivity contribution in [2.75, 3.05) is 45.9 Å². The lowest BCUT2D eigenvalue weighted by Gasteiger charge is -2.34. The molecule has 1 atom stereocenters. The fourth-order valence-corrected chi connectivity index (χ4v) is 2.88. The quantitative estimate of drug-likeness (QED) is 0.754. The Morgan fingerprint density at radius 3 is 2.70 bits per heavy atom. The lowest BCUT2D eigenvalue weighted by atomic mass is 10.2. The molecule has 2 aliphatic heterocycles. The lowest BCUT2D eigenvalue weighted by molar-refractivity contribution is 0.104. The molecule has 0 saturated carbocycles. The Balaban J connectivity index is 1.58. The molecule has 0 bridgehead atoms. The molecular formula is C15H29N3O2. The lowest BCUT2D eigenvalue weighted by Crippen LogP contribution is -2.52. The molecule has 5 nitrogen and oxygen atoms in total. The molecule has 0 aromatic rings. The Morgan fingerprint density at radius 1 is 1.25 bits per heavy atom. The highest BCUT2D eigenvalue weighted by molar-refractivity contribution is 5.74. The minimum Gasteiger partial charge on any atom is -0.376 e. The summed E-state index contributed by atoms with van der Waals surface area (Å²) in [4.78, 5) is 16.5. The number of ether oxygens (including phenoxy) is 1. The van der Waals surface area contributed by atoms with E-state index in [-0.39, 0.29) is 12.1 Å². The van der Waals surface area contributed by atoms with E-state index in [0.717, 1.165) is 45.6 Å². The first kappa shape index (κ1) is 15.6. The fraction of sp³-hybridized carbons (Fsp3) is 0.933. The largest absolute Gasteiger partial charge is 0.376 e. The van der Waals surface area contributed by atoms with Gasteiger partial charge in [-0.25, -0.2) is 4.79 Å². The molecule has 2 saturated heterocycles. The van der Waals surface area contributed by atoms with Gasteiger partial charge >= 0.3 is 6.03 Å². The highest BCUT2D eigenvalue weighted by Gasteiger charge is 2.22. The first-order chi connectivity index (χ1) is 9.79. The van der Waals surface area contributed by atoms with E-state index in [1.165, 1.54) is 25.8 Å². The first-order valence-corrected chi connectivity index (χ1v) is 8.16. The van der Waals surface area contributed by atoms with E-state index >= 15 is 0 Å². The average molecular weight is 283 g/mol. The second-order valence-corrected chi connectivity index (χ2v) is 5.86. The zero-order valence-corrected chi connectivity index (χ0v) is 12.8. The highest BCUT2D eigenvalue weighted by atomic mass is 16.5. The third-order valence-electron chi connectivity index (χ3n) is 4.24. The van der Waals surface area contributed by atoms with E-state index in [1.807, 2.05) is 4.90 Å². The van der Waals surface area contributed by atoms with Crippen LogP contribution in [0.1, 0.15) is 39.0 Å². The number of hydrogen-bond acceptors (Lipinski definition) is 3. The van der Waals surface area contributed by atoms with Gasteiger partial charge in [0, 0.05) is 39.3 Å². The number of nitrogens with zero attached hydrogens (tertiary/aromatic N) is 2. The number of unbranched alkanes of at least 4 members (excludes halogenated alkanes) is 2. The molecule has 1 unspecified atom stereocenters. The van der Waals surface area contributed by atoms with Crippen LogP contribution in [0, 0.1) is 0 Å². The molecule has 2 amide bonds. The number of piperazine rings is 1. The molecule has 1 N–H and O–H groups in total. The van der Waals surface area contributed by atoms with E-state index < -0.39 is 0 Å². The standard InChI is InChI=1S/C15H29N3O2/c1-2-3-4-7-17-8-10-18(11-9-17)15(19)16-13-14-6-5-12-20-14/h14H,2-13H2,1H3,(H,16,19). The number of carbonyl (C=O) groups excluding carboxylic acids is 1. The van der Waals surface area contributed by atoms with Crippen molar-refractivity contribution >= 4 is 6.03 Å². The van der Waals surface area contributed by atoms with Crippen molar-refractivity contribution in [3.63, 3.8) is 0 Å². The van der Waals surface area contributed by atoms with Gasteiger partial charge in [-0.3, -0.25) is 4.90 Å². The number of carbonyl (C=O) groups is 1. The minimum atomic E-state index is 0.0775. The van der Waals surface area contributed by atoms with Crippen LogP contribution in [0.2, 0.25) is 0 Å². The summed E-state index contributed by atoms with van der Waals surface area (Å²) in [6.45, 7) is 8.64. The van der Waals surface area contributed by atoms with Gasteiger partial charge in [-0.1, -0.05) is 19.8 Å². The van der Waals surface area contributed by atoms with Crippen molar-refractivity contribution in [1.29, 1.82) is 0 Å². The van der Waals surface area contributed by atoms with Crippen LogP contribution in [0.25, 0.3) is 0 Å². The monoisotopic (exact) mass is 283 g/mol. The normalized spacial score (nSPS) is 24.1. The van der Waals surface area contributed by atoms with Crippen molar-refractivity contribution in [3.8, 4) is 0 Å². The molecule has 0 aliphatic carbocycles. The Bertz CT molecular complexity index is 285. The van der Waals surface area contributed by atoms with Crippen LogP contribution in [0.5, 0.6) is 0 Å². The summed E-state index contributed by atoms with van der Waals surface area (Å²) in [7, 11) is 0. The molecule has 2 fully saturated rings. The van der Waals surface area contributed by atoms with Gasteiger partial charge in [-0.15, -0.1) is 0 Å². The molecular weight excluding hydrogens is 254 g/mol. The van der Waals surface area contributed by atoms with Crippen LogP contribution in [-0.4, -0.2) is 67.8 Å². The predicted molar refractivity (Wildman–Crippen MR) is 79.9 cm³/mol. The third-order valence-corrected chi connectivity index (χ3v) is 4.24. The van der Waals surface area contributed by atoms with Crippen molar-refractivity contribution in [3.05, 3.63) is 0 Å². The maximum absolute atomic E-state index is 12.1. The Kier molecular flexibility index (Phi) is 6.60. The van der Waals surface area contributed by atoms with Gasteiger partial charge in [-0.05, 0) is 25.8 Å². The van der Waals surface area contributed by atoms with Crippen LogP contribution in [0.15, 0.2) is 0 Å².